The van der Waals surface area contributed by atoms with Crippen molar-refractivity contribution in [2.45, 2.75) is 32.6 Å². The normalized spacial score (nSPS) is 10.3. The van der Waals surface area contributed by atoms with Crippen LogP contribution in [0, 0.1) is 0 Å². The predicted octanol–water partition coefficient (Wildman–Crippen LogP) is 4.28. The monoisotopic (exact) mass is 290 g/mol. The Labute approximate surface area is 103 Å². The molecule has 0 N–H and O–H groups in total. The topological polar surface area (TPSA) is 26.3 Å². The summed E-state index contributed by atoms with van der Waals surface area (Å²) in [5.74, 6) is 0.707. The standard InChI is InChI=1S/C11H15BrO2S/c1-2-3-4-5-6-14-9-7-11(12)15-10(9)8-13/h7-8H,2-6H2,1H3. The first-order valence-corrected chi connectivity index (χ1v) is 6.76. The van der Waals surface area contributed by atoms with Crippen molar-refractivity contribution in [3.8, 4) is 5.75 Å². The van der Waals surface area contributed by atoms with Crippen molar-refractivity contribution in [1.82, 2.24) is 0 Å². The number of halogens is 1. The van der Waals surface area contributed by atoms with Gasteiger partial charge in [-0.25, -0.2) is 0 Å². The van der Waals surface area contributed by atoms with Gasteiger partial charge in [-0.3, -0.25) is 4.79 Å². The van der Waals surface area contributed by atoms with Gasteiger partial charge in [0.05, 0.1) is 10.4 Å². The van der Waals surface area contributed by atoms with Gasteiger partial charge in [0.25, 0.3) is 0 Å². The van der Waals surface area contributed by atoms with Gasteiger partial charge in [-0.2, -0.15) is 0 Å². The van der Waals surface area contributed by atoms with E-state index in [0.717, 1.165) is 16.5 Å². The van der Waals surface area contributed by atoms with Gasteiger partial charge in [0.15, 0.2) is 6.29 Å². The van der Waals surface area contributed by atoms with E-state index in [1.165, 1.54) is 30.6 Å². The molecule has 0 aliphatic heterocycles. The molecule has 0 amide bonds. The zero-order valence-electron chi connectivity index (χ0n) is 8.79. The van der Waals surface area contributed by atoms with Crippen LogP contribution in [0.2, 0.25) is 0 Å². The molecule has 84 valence electrons. The van der Waals surface area contributed by atoms with Crippen molar-refractivity contribution in [1.29, 1.82) is 0 Å². The SMILES string of the molecule is CCCCCCOc1cc(Br)sc1C=O. The van der Waals surface area contributed by atoms with Gasteiger partial charge in [0.2, 0.25) is 0 Å². The summed E-state index contributed by atoms with van der Waals surface area (Å²) in [6.07, 6.45) is 5.56. The Morgan fingerprint density at radius 2 is 2.27 bits per heavy atom. The Kier molecular flexibility index (Phi) is 5.95. The van der Waals surface area contributed by atoms with Gasteiger partial charge in [0, 0.05) is 6.07 Å². The lowest BCUT2D eigenvalue weighted by Gasteiger charge is -2.03. The zero-order valence-corrected chi connectivity index (χ0v) is 11.2. The van der Waals surface area contributed by atoms with Gasteiger partial charge < -0.3 is 4.74 Å². The van der Waals surface area contributed by atoms with E-state index in [1.807, 2.05) is 6.07 Å². The Morgan fingerprint density at radius 3 is 2.93 bits per heavy atom. The number of unbranched alkanes of at least 4 members (excludes halogenated alkanes) is 3. The molecule has 0 aliphatic carbocycles. The van der Waals surface area contributed by atoms with E-state index in [1.54, 1.807) is 0 Å². The fourth-order valence-electron chi connectivity index (χ4n) is 1.26. The van der Waals surface area contributed by atoms with Gasteiger partial charge in [-0.1, -0.05) is 26.2 Å². The third-order valence-electron chi connectivity index (χ3n) is 2.06. The predicted molar refractivity (Wildman–Crippen MR) is 67.0 cm³/mol. The second-order valence-corrected chi connectivity index (χ2v) is 5.77. The molecule has 0 saturated carbocycles. The first-order chi connectivity index (χ1) is 7.27. The summed E-state index contributed by atoms with van der Waals surface area (Å²) in [6, 6.07) is 1.86. The summed E-state index contributed by atoms with van der Waals surface area (Å²) >= 11 is 4.74. The van der Waals surface area contributed by atoms with E-state index in [4.69, 9.17) is 4.74 Å². The first-order valence-electron chi connectivity index (χ1n) is 5.15. The van der Waals surface area contributed by atoms with Crippen molar-refractivity contribution >= 4 is 33.6 Å². The molecule has 1 aromatic rings. The molecule has 4 heteroatoms. The number of ether oxygens (including phenoxy) is 1. The molecule has 0 bridgehead atoms. The minimum atomic E-state index is 0.664. The van der Waals surface area contributed by atoms with Crippen molar-refractivity contribution in [3.63, 3.8) is 0 Å². The summed E-state index contributed by atoms with van der Waals surface area (Å²) < 4.78 is 6.48. The average molecular weight is 291 g/mol. The van der Waals surface area contributed by atoms with Crippen molar-refractivity contribution in [3.05, 3.63) is 14.7 Å². The van der Waals surface area contributed by atoms with Gasteiger partial charge >= 0.3 is 0 Å². The number of thiophene rings is 1. The van der Waals surface area contributed by atoms with Crippen LogP contribution in [-0.2, 0) is 0 Å². The lowest BCUT2D eigenvalue weighted by atomic mass is 10.2. The number of hydrogen-bond acceptors (Lipinski definition) is 3. The Hall–Kier alpha value is -0.350. The Morgan fingerprint density at radius 1 is 1.47 bits per heavy atom. The maximum absolute atomic E-state index is 10.7. The van der Waals surface area contributed by atoms with Crippen LogP contribution in [0.25, 0.3) is 0 Å². The van der Waals surface area contributed by atoms with E-state index in [2.05, 4.69) is 22.9 Å². The van der Waals surface area contributed by atoms with E-state index in [-0.39, 0.29) is 0 Å². The van der Waals surface area contributed by atoms with Crippen molar-refractivity contribution in [2.75, 3.05) is 6.61 Å². The van der Waals surface area contributed by atoms with Crippen molar-refractivity contribution < 1.29 is 9.53 Å². The number of carbonyl (C=O) groups excluding carboxylic acids is 1. The third-order valence-corrected chi connectivity index (χ3v) is 3.60. The summed E-state index contributed by atoms with van der Waals surface area (Å²) in [5, 5.41) is 0. The first kappa shape index (κ1) is 12.7. The Bertz CT molecular complexity index is 310. The maximum Gasteiger partial charge on any atom is 0.163 e. The minimum Gasteiger partial charge on any atom is -0.492 e. The fourth-order valence-corrected chi connectivity index (χ4v) is 2.64. The summed E-state index contributed by atoms with van der Waals surface area (Å²) in [7, 11) is 0. The minimum absolute atomic E-state index is 0.664. The molecule has 1 aromatic heterocycles. The fraction of sp³-hybridized carbons (Fsp3) is 0.545. The molecule has 1 rings (SSSR count). The third kappa shape index (κ3) is 4.34. The molecule has 0 aliphatic rings. The highest BCUT2D eigenvalue weighted by atomic mass is 79.9. The van der Waals surface area contributed by atoms with Crippen LogP contribution in [0.3, 0.4) is 0 Å². The number of hydrogen-bond donors (Lipinski definition) is 0. The molecule has 0 fully saturated rings. The lowest BCUT2D eigenvalue weighted by Crippen LogP contribution is -1.97. The summed E-state index contributed by atoms with van der Waals surface area (Å²) in [5.41, 5.74) is 0. The molecule has 1 heterocycles. The van der Waals surface area contributed by atoms with Crippen LogP contribution < -0.4 is 4.74 Å². The second-order valence-electron chi connectivity index (χ2n) is 3.31. The zero-order chi connectivity index (χ0) is 11.1. The van der Waals surface area contributed by atoms with Gasteiger partial charge in [-0.05, 0) is 22.4 Å². The van der Waals surface area contributed by atoms with Crippen LogP contribution in [0.5, 0.6) is 5.75 Å². The molecule has 0 spiro atoms. The number of aldehydes is 1. The smallest absolute Gasteiger partial charge is 0.163 e. The molecular weight excluding hydrogens is 276 g/mol. The maximum atomic E-state index is 10.7. The highest BCUT2D eigenvalue weighted by molar-refractivity contribution is 9.11. The second kappa shape index (κ2) is 7.01. The number of carbonyl (C=O) groups is 1. The van der Waals surface area contributed by atoms with E-state index in [0.29, 0.717) is 17.2 Å². The molecule has 15 heavy (non-hydrogen) atoms. The van der Waals surface area contributed by atoms with Crippen LogP contribution >= 0.6 is 27.3 Å². The average Bonchev–Trinajstić information content (AvgIpc) is 2.59. The molecule has 0 aromatic carbocycles. The Balaban J connectivity index is 2.33. The van der Waals surface area contributed by atoms with Crippen LogP contribution in [-0.4, -0.2) is 12.9 Å². The van der Waals surface area contributed by atoms with Gasteiger partial charge in [0.1, 0.15) is 10.6 Å². The summed E-state index contributed by atoms with van der Waals surface area (Å²) in [6.45, 7) is 2.88. The van der Waals surface area contributed by atoms with Crippen molar-refractivity contribution in [2.24, 2.45) is 0 Å². The molecule has 0 unspecified atom stereocenters. The van der Waals surface area contributed by atoms with Crippen LogP contribution in [0.4, 0.5) is 0 Å². The van der Waals surface area contributed by atoms with E-state index >= 15 is 0 Å². The van der Waals surface area contributed by atoms with E-state index < -0.39 is 0 Å². The molecule has 0 atom stereocenters. The largest absolute Gasteiger partial charge is 0.492 e. The van der Waals surface area contributed by atoms with Crippen LogP contribution in [0.1, 0.15) is 42.3 Å². The van der Waals surface area contributed by atoms with Crippen LogP contribution in [0.15, 0.2) is 9.85 Å². The highest BCUT2D eigenvalue weighted by Crippen LogP contribution is 2.31. The lowest BCUT2D eigenvalue weighted by molar-refractivity contribution is 0.112. The number of rotatable bonds is 7. The quantitative estimate of drug-likeness (QED) is 0.553. The molecule has 0 saturated heterocycles. The summed E-state index contributed by atoms with van der Waals surface area (Å²) in [4.78, 5) is 11.3. The van der Waals surface area contributed by atoms with E-state index in [9.17, 15) is 4.79 Å². The highest BCUT2D eigenvalue weighted by Gasteiger charge is 2.07. The molecular formula is C11H15BrO2S. The molecule has 2 nitrogen and oxygen atoms in total. The molecule has 0 radical (unpaired) electrons. The van der Waals surface area contributed by atoms with Gasteiger partial charge in [-0.15, -0.1) is 11.3 Å².